The third-order valence-corrected chi connectivity index (χ3v) is 6.08. The molecule has 3 fully saturated rings. The Morgan fingerprint density at radius 2 is 1.69 bits per heavy atom. The minimum absolute atomic E-state index is 0.0911. The Hall–Kier alpha value is -2.41. The quantitative estimate of drug-likeness (QED) is 0.766. The van der Waals surface area contributed by atoms with E-state index in [4.69, 9.17) is 0 Å². The summed E-state index contributed by atoms with van der Waals surface area (Å²) in [5.74, 6) is 0.328. The standard InChI is InChI=1S/C22H30N4O3/c27-20(23-19-7-3-6-17(14-19)21(28)24-18-8-9-18)15-25-10-12-26(13-11-25)22(29)16-4-1-2-5-16/h3,6-7,14,16,18H,1-2,4-5,8-13,15H2,(H,23,27)(H,24,28). The molecular formula is C22H30N4O3. The maximum absolute atomic E-state index is 12.5. The molecule has 0 atom stereocenters. The molecule has 1 aromatic rings. The molecule has 1 aliphatic heterocycles. The molecule has 1 saturated heterocycles. The van der Waals surface area contributed by atoms with Crippen molar-refractivity contribution in [3.05, 3.63) is 29.8 Å². The summed E-state index contributed by atoms with van der Waals surface area (Å²) in [6.07, 6.45) is 6.47. The molecule has 7 heteroatoms. The maximum atomic E-state index is 12.5. The zero-order chi connectivity index (χ0) is 20.2. The predicted octanol–water partition coefficient (Wildman–Crippen LogP) is 1.85. The highest BCUT2D eigenvalue weighted by Gasteiger charge is 2.29. The normalized spacial score (nSPS) is 20.5. The van der Waals surface area contributed by atoms with Gasteiger partial charge in [0.15, 0.2) is 0 Å². The molecule has 0 unspecified atom stereocenters. The second-order valence-corrected chi connectivity index (χ2v) is 8.46. The molecule has 3 aliphatic rings. The number of carbonyl (C=O) groups excluding carboxylic acids is 3. The first kappa shape index (κ1) is 19.9. The minimum Gasteiger partial charge on any atom is -0.349 e. The largest absolute Gasteiger partial charge is 0.349 e. The average molecular weight is 399 g/mol. The number of rotatable bonds is 6. The van der Waals surface area contributed by atoms with Crippen LogP contribution >= 0.6 is 0 Å². The highest BCUT2D eigenvalue weighted by molar-refractivity contribution is 5.97. The second-order valence-electron chi connectivity index (χ2n) is 8.46. The molecule has 156 valence electrons. The molecule has 0 bridgehead atoms. The van der Waals surface area contributed by atoms with Gasteiger partial charge in [-0.3, -0.25) is 19.3 Å². The van der Waals surface area contributed by atoms with Crippen LogP contribution in [0.5, 0.6) is 0 Å². The smallest absolute Gasteiger partial charge is 0.251 e. The van der Waals surface area contributed by atoms with Crippen molar-refractivity contribution in [2.45, 2.75) is 44.6 Å². The maximum Gasteiger partial charge on any atom is 0.251 e. The lowest BCUT2D eigenvalue weighted by Crippen LogP contribution is -2.51. The fourth-order valence-electron chi connectivity index (χ4n) is 4.20. The van der Waals surface area contributed by atoms with E-state index in [1.165, 1.54) is 12.8 Å². The van der Waals surface area contributed by atoms with E-state index < -0.39 is 0 Å². The molecule has 2 N–H and O–H groups in total. The van der Waals surface area contributed by atoms with Gasteiger partial charge in [0.05, 0.1) is 6.54 Å². The molecule has 0 spiro atoms. The third kappa shape index (κ3) is 5.35. The van der Waals surface area contributed by atoms with Crippen LogP contribution < -0.4 is 10.6 Å². The van der Waals surface area contributed by atoms with Crippen LogP contribution in [0.3, 0.4) is 0 Å². The van der Waals surface area contributed by atoms with Gasteiger partial charge in [-0.1, -0.05) is 18.9 Å². The van der Waals surface area contributed by atoms with Crippen LogP contribution in [0.4, 0.5) is 5.69 Å². The molecular weight excluding hydrogens is 368 g/mol. The lowest BCUT2D eigenvalue weighted by Gasteiger charge is -2.35. The Bertz CT molecular complexity index is 763. The molecule has 7 nitrogen and oxygen atoms in total. The van der Waals surface area contributed by atoms with E-state index in [1.54, 1.807) is 24.3 Å². The predicted molar refractivity (Wildman–Crippen MR) is 111 cm³/mol. The summed E-state index contributed by atoms with van der Waals surface area (Å²) in [4.78, 5) is 41.2. The molecule has 2 saturated carbocycles. The van der Waals surface area contributed by atoms with Gasteiger partial charge in [0.1, 0.15) is 0 Å². The summed E-state index contributed by atoms with van der Waals surface area (Å²) in [5.41, 5.74) is 1.20. The third-order valence-electron chi connectivity index (χ3n) is 6.08. The summed E-state index contributed by atoms with van der Waals surface area (Å²) in [7, 11) is 0. The number of hydrogen-bond donors (Lipinski definition) is 2. The van der Waals surface area contributed by atoms with Crippen LogP contribution in [-0.4, -0.2) is 66.3 Å². The summed E-state index contributed by atoms with van der Waals surface area (Å²) in [6, 6.07) is 7.36. The Kier molecular flexibility index (Phi) is 6.13. The van der Waals surface area contributed by atoms with Crippen molar-refractivity contribution >= 4 is 23.4 Å². The number of nitrogens with one attached hydrogen (secondary N) is 2. The number of amides is 3. The topological polar surface area (TPSA) is 81.8 Å². The van der Waals surface area contributed by atoms with Crippen LogP contribution in [0, 0.1) is 5.92 Å². The molecule has 1 aromatic carbocycles. The number of carbonyl (C=O) groups is 3. The number of piperazine rings is 1. The number of anilines is 1. The summed E-state index contributed by atoms with van der Waals surface area (Å²) < 4.78 is 0. The van der Waals surface area contributed by atoms with E-state index in [1.807, 2.05) is 4.90 Å². The van der Waals surface area contributed by atoms with Gasteiger partial charge in [0.25, 0.3) is 5.91 Å². The number of hydrogen-bond acceptors (Lipinski definition) is 4. The lowest BCUT2D eigenvalue weighted by molar-refractivity contribution is -0.137. The van der Waals surface area contributed by atoms with Crippen LogP contribution in [0.15, 0.2) is 24.3 Å². The van der Waals surface area contributed by atoms with Crippen LogP contribution in [0.25, 0.3) is 0 Å². The van der Waals surface area contributed by atoms with Gasteiger partial charge in [-0.15, -0.1) is 0 Å². The van der Waals surface area contributed by atoms with Crippen molar-refractivity contribution in [1.82, 2.24) is 15.1 Å². The summed E-state index contributed by atoms with van der Waals surface area (Å²) >= 11 is 0. The summed E-state index contributed by atoms with van der Waals surface area (Å²) in [6.45, 7) is 3.12. The fraction of sp³-hybridized carbons (Fsp3) is 0.591. The van der Waals surface area contributed by atoms with Gasteiger partial charge in [-0.2, -0.15) is 0 Å². The summed E-state index contributed by atoms with van der Waals surface area (Å²) in [5, 5.41) is 5.85. The first-order chi connectivity index (χ1) is 14.1. The van der Waals surface area contributed by atoms with Crippen LogP contribution in [0.1, 0.15) is 48.9 Å². The Balaban J connectivity index is 1.23. The van der Waals surface area contributed by atoms with Gasteiger partial charge in [-0.25, -0.2) is 0 Å². The lowest BCUT2D eigenvalue weighted by atomic mass is 10.1. The first-order valence-electron chi connectivity index (χ1n) is 10.8. The van der Waals surface area contributed by atoms with Crippen molar-refractivity contribution in [3.8, 4) is 0 Å². The van der Waals surface area contributed by atoms with E-state index in [9.17, 15) is 14.4 Å². The molecule has 0 radical (unpaired) electrons. The van der Waals surface area contributed by atoms with Crippen LogP contribution in [-0.2, 0) is 9.59 Å². The fourth-order valence-corrected chi connectivity index (χ4v) is 4.20. The number of benzene rings is 1. The van der Waals surface area contributed by atoms with Gasteiger partial charge >= 0.3 is 0 Å². The van der Waals surface area contributed by atoms with Crippen molar-refractivity contribution < 1.29 is 14.4 Å². The molecule has 0 aromatic heterocycles. The Morgan fingerprint density at radius 1 is 0.966 bits per heavy atom. The van der Waals surface area contributed by atoms with Gasteiger partial charge < -0.3 is 15.5 Å². The highest BCUT2D eigenvalue weighted by atomic mass is 16.2. The van der Waals surface area contributed by atoms with E-state index in [2.05, 4.69) is 15.5 Å². The SMILES string of the molecule is O=C(CN1CCN(C(=O)C2CCCC2)CC1)Nc1cccc(C(=O)NC2CC2)c1. The van der Waals surface area contributed by atoms with Gasteiger partial charge in [0, 0.05) is 49.4 Å². The van der Waals surface area contributed by atoms with E-state index in [0.717, 1.165) is 38.8 Å². The number of nitrogens with zero attached hydrogens (tertiary/aromatic N) is 2. The molecule has 29 heavy (non-hydrogen) atoms. The Morgan fingerprint density at radius 3 is 2.38 bits per heavy atom. The average Bonchev–Trinajstić information content (AvgIpc) is 3.36. The van der Waals surface area contributed by atoms with Crippen LogP contribution in [0.2, 0.25) is 0 Å². The molecule has 1 heterocycles. The van der Waals surface area contributed by atoms with E-state index in [-0.39, 0.29) is 17.7 Å². The Labute approximate surface area is 171 Å². The van der Waals surface area contributed by atoms with E-state index in [0.29, 0.717) is 42.8 Å². The zero-order valence-corrected chi connectivity index (χ0v) is 16.9. The highest BCUT2D eigenvalue weighted by Crippen LogP contribution is 2.27. The monoisotopic (exact) mass is 398 g/mol. The second kappa shape index (κ2) is 8.95. The van der Waals surface area contributed by atoms with Gasteiger partial charge in [0.2, 0.25) is 11.8 Å². The van der Waals surface area contributed by atoms with E-state index >= 15 is 0 Å². The van der Waals surface area contributed by atoms with Gasteiger partial charge in [-0.05, 0) is 43.9 Å². The van der Waals surface area contributed by atoms with Crippen molar-refractivity contribution in [1.29, 1.82) is 0 Å². The van der Waals surface area contributed by atoms with Crippen molar-refractivity contribution in [2.24, 2.45) is 5.92 Å². The van der Waals surface area contributed by atoms with Crippen molar-refractivity contribution in [3.63, 3.8) is 0 Å². The molecule has 2 aliphatic carbocycles. The molecule has 3 amide bonds. The molecule has 4 rings (SSSR count). The van der Waals surface area contributed by atoms with Crippen molar-refractivity contribution in [2.75, 3.05) is 38.0 Å². The minimum atomic E-state index is -0.0969. The zero-order valence-electron chi connectivity index (χ0n) is 16.9. The first-order valence-corrected chi connectivity index (χ1v) is 10.8.